The molecule has 0 aromatic rings. The van der Waals surface area contributed by atoms with Crippen molar-refractivity contribution in [3.63, 3.8) is 0 Å². The van der Waals surface area contributed by atoms with Crippen LogP contribution in [0, 0.1) is 0 Å². The molecule has 0 rings (SSSR count). The van der Waals surface area contributed by atoms with Gasteiger partial charge < -0.3 is 30.3 Å². The topological polar surface area (TPSA) is 110 Å². The molecule has 19 heavy (non-hydrogen) atoms. The van der Waals surface area contributed by atoms with Gasteiger partial charge in [-0.15, -0.1) is 0 Å². The molecule has 0 aliphatic carbocycles. The van der Waals surface area contributed by atoms with Crippen LogP contribution in [0.2, 0.25) is 0 Å². The van der Waals surface area contributed by atoms with Crippen LogP contribution in [0.15, 0.2) is 0 Å². The molecule has 0 radical (unpaired) electrons. The van der Waals surface area contributed by atoms with Gasteiger partial charge >= 0.3 is 0 Å². The minimum atomic E-state index is -1.59. The maximum Gasteiger partial charge on any atom is 0.111 e. The number of hydrogen-bond acceptors (Lipinski definition) is 6. The van der Waals surface area contributed by atoms with Crippen molar-refractivity contribution in [2.75, 3.05) is 19.8 Å². The summed E-state index contributed by atoms with van der Waals surface area (Å²) in [5.41, 5.74) is 0. The predicted molar refractivity (Wildman–Crippen MR) is 70.7 cm³/mol. The Morgan fingerprint density at radius 2 is 1.42 bits per heavy atom. The summed E-state index contributed by atoms with van der Waals surface area (Å²) in [6.07, 6.45) is -0.389. The third kappa shape index (κ3) is 8.52. The van der Waals surface area contributed by atoms with Crippen molar-refractivity contribution in [2.45, 2.75) is 63.4 Å². The lowest BCUT2D eigenvalue weighted by Crippen LogP contribution is -2.47. The minimum Gasteiger partial charge on any atom is -0.394 e. The van der Waals surface area contributed by atoms with E-state index in [-0.39, 0.29) is 6.61 Å². The van der Waals surface area contributed by atoms with Gasteiger partial charge in [-0.05, 0) is 6.42 Å². The Kier molecular flexibility index (Phi) is 11.4. The van der Waals surface area contributed by atoms with Crippen molar-refractivity contribution in [1.82, 2.24) is 0 Å². The zero-order valence-corrected chi connectivity index (χ0v) is 11.6. The fourth-order valence-corrected chi connectivity index (χ4v) is 1.67. The summed E-state index contributed by atoms with van der Waals surface area (Å²) in [6.45, 7) is 1.85. The van der Waals surface area contributed by atoms with E-state index in [4.69, 9.17) is 14.9 Å². The normalized spacial score (nSPS) is 18.0. The molecule has 6 heteroatoms. The van der Waals surface area contributed by atoms with E-state index in [9.17, 15) is 15.3 Å². The molecule has 0 saturated heterocycles. The zero-order valence-electron chi connectivity index (χ0n) is 11.6. The Morgan fingerprint density at radius 3 is 2.00 bits per heavy atom. The van der Waals surface area contributed by atoms with Crippen LogP contribution < -0.4 is 0 Å². The lowest BCUT2D eigenvalue weighted by Gasteiger charge is -2.25. The average molecular weight is 280 g/mol. The second-order valence-electron chi connectivity index (χ2n) is 4.79. The van der Waals surface area contributed by atoms with Crippen molar-refractivity contribution in [2.24, 2.45) is 0 Å². The summed E-state index contributed by atoms with van der Waals surface area (Å²) in [7, 11) is 0. The molecule has 6 nitrogen and oxygen atoms in total. The Hall–Kier alpha value is -0.240. The first kappa shape index (κ1) is 18.8. The summed E-state index contributed by atoms with van der Waals surface area (Å²) >= 11 is 0. The molecule has 0 amide bonds. The molecule has 116 valence electrons. The van der Waals surface area contributed by atoms with Crippen LogP contribution in [0.25, 0.3) is 0 Å². The second kappa shape index (κ2) is 11.6. The smallest absolute Gasteiger partial charge is 0.111 e. The third-order valence-electron chi connectivity index (χ3n) is 3.01. The fourth-order valence-electron chi connectivity index (χ4n) is 1.67. The number of rotatable bonds is 12. The second-order valence-corrected chi connectivity index (χ2v) is 4.79. The van der Waals surface area contributed by atoms with Gasteiger partial charge in [0.15, 0.2) is 0 Å². The molecule has 0 unspecified atom stereocenters. The van der Waals surface area contributed by atoms with Gasteiger partial charge in [0.25, 0.3) is 0 Å². The minimum absolute atomic E-state index is 0.107. The quantitative estimate of drug-likeness (QED) is 0.306. The summed E-state index contributed by atoms with van der Waals surface area (Å²) in [5, 5.41) is 46.2. The molecule has 0 aliphatic rings. The standard InChI is InChI=1S/C13H28O6/c1-2-3-4-5-6-7-19-9-11(16)13(18)12(17)10(15)8-14/h10-18H,2-9H2,1H3/t10-,11+,12-,13-/m1/s1. The van der Waals surface area contributed by atoms with Crippen LogP contribution in [0.5, 0.6) is 0 Å². The monoisotopic (exact) mass is 280 g/mol. The van der Waals surface area contributed by atoms with Gasteiger partial charge in [-0.1, -0.05) is 32.6 Å². The Balaban J connectivity index is 3.64. The first-order valence-electron chi connectivity index (χ1n) is 6.95. The zero-order chi connectivity index (χ0) is 14.7. The molecule has 0 bridgehead atoms. The van der Waals surface area contributed by atoms with Crippen molar-refractivity contribution in [3.05, 3.63) is 0 Å². The van der Waals surface area contributed by atoms with Crippen LogP contribution >= 0.6 is 0 Å². The number of aliphatic hydroxyl groups excluding tert-OH is 5. The molecular formula is C13H28O6. The molecule has 0 heterocycles. The van der Waals surface area contributed by atoms with E-state index in [1.54, 1.807) is 0 Å². The van der Waals surface area contributed by atoms with Crippen LogP contribution in [0.4, 0.5) is 0 Å². The molecule has 4 atom stereocenters. The van der Waals surface area contributed by atoms with Crippen LogP contribution in [-0.2, 0) is 4.74 Å². The highest BCUT2D eigenvalue weighted by Gasteiger charge is 2.29. The molecule has 0 fully saturated rings. The Morgan fingerprint density at radius 1 is 0.842 bits per heavy atom. The maximum atomic E-state index is 9.55. The SMILES string of the molecule is CCCCCCCOC[C@H](O)[C@@H](O)[C@H](O)[C@H](O)CO. The van der Waals surface area contributed by atoms with Gasteiger partial charge in [0.1, 0.15) is 24.4 Å². The van der Waals surface area contributed by atoms with Gasteiger partial charge in [-0.3, -0.25) is 0 Å². The highest BCUT2D eigenvalue weighted by Crippen LogP contribution is 2.07. The van der Waals surface area contributed by atoms with Gasteiger partial charge in [0.05, 0.1) is 13.2 Å². The van der Waals surface area contributed by atoms with E-state index < -0.39 is 31.0 Å². The van der Waals surface area contributed by atoms with E-state index in [0.29, 0.717) is 6.61 Å². The summed E-state index contributed by atoms with van der Waals surface area (Å²) in [4.78, 5) is 0. The maximum absolute atomic E-state index is 9.55. The largest absolute Gasteiger partial charge is 0.394 e. The van der Waals surface area contributed by atoms with Crippen molar-refractivity contribution in [3.8, 4) is 0 Å². The van der Waals surface area contributed by atoms with E-state index >= 15 is 0 Å². The highest BCUT2D eigenvalue weighted by atomic mass is 16.5. The van der Waals surface area contributed by atoms with E-state index in [1.165, 1.54) is 12.8 Å². The number of ether oxygens (including phenoxy) is 1. The van der Waals surface area contributed by atoms with Crippen molar-refractivity contribution >= 4 is 0 Å². The summed E-state index contributed by atoms with van der Waals surface area (Å²) in [6, 6.07) is 0. The van der Waals surface area contributed by atoms with E-state index in [0.717, 1.165) is 19.3 Å². The van der Waals surface area contributed by atoms with Gasteiger partial charge in [0.2, 0.25) is 0 Å². The van der Waals surface area contributed by atoms with Gasteiger partial charge in [0, 0.05) is 6.61 Å². The molecule has 5 N–H and O–H groups in total. The van der Waals surface area contributed by atoms with Crippen LogP contribution in [-0.4, -0.2) is 69.8 Å². The van der Waals surface area contributed by atoms with Crippen molar-refractivity contribution < 1.29 is 30.3 Å². The lowest BCUT2D eigenvalue weighted by atomic mass is 10.0. The van der Waals surface area contributed by atoms with E-state index in [2.05, 4.69) is 6.92 Å². The van der Waals surface area contributed by atoms with Crippen LogP contribution in [0.3, 0.4) is 0 Å². The first-order chi connectivity index (χ1) is 9.04. The number of aliphatic hydroxyl groups is 5. The Bertz CT molecular complexity index is 202. The van der Waals surface area contributed by atoms with E-state index in [1.807, 2.05) is 0 Å². The van der Waals surface area contributed by atoms with Gasteiger partial charge in [-0.2, -0.15) is 0 Å². The third-order valence-corrected chi connectivity index (χ3v) is 3.01. The average Bonchev–Trinajstić information content (AvgIpc) is 2.43. The first-order valence-corrected chi connectivity index (χ1v) is 6.95. The summed E-state index contributed by atoms with van der Waals surface area (Å²) in [5.74, 6) is 0. The predicted octanol–water partition coefficient (Wildman–Crippen LogP) is -0.591. The van der Waals surface area contributed by atoms with Gasteiger partial charge in [-0.25, -0.2) is 0 Å². The fraction of sp³-hybridized carbons (Fsp3) is 1.00. The lowest BCUT2D eigenvalue weighted by molar-refractivity contribution is -0.129. The Labute approximate surface area is 114 Å². The highest BCUT2D eigenvalue weighted by molar-refractivity contribution is 4.80. The van der Waals surface area contributed by atoms with Crippen molar-refractivity contribution in [1.29, 1.82) is 0 Å². The summed E-state index contributed by atoms with van der Waals surface area (Å²) < 4.78 is 5.20. The molecule has 0 aromatic carbocycles. The molecule has 0 aromatic heterocycles. The molecular weight excluding hydrogens is 252 g/mol. The molecule has 0 saturated carbocycles. The number of unbranched alkanes of at least 4 members (excludes halogenated alkanes) is 4. The van der Waals surface area contributed by atoms with Crippen LogP contribution in [0.1, 0.15) is 39.0 Å². The molecule has 0 aliphatic heterocycles. The number of hydrogen-bond donors (Lipinski definition) is 5. The molecule has 0 spiro atoms.